The number of amides is 2. The van der Waals surface area contributed by atoms with Crippen LogP contribution in [0.4, 0.5) is 11.4 Å². The highest BCUT2D eigenvalue weighted by Crippen LogP contribution is 2.29. The minimum absolute atomic E-state index is 0.0429. The first-order valence-corrected chi connectivity index (χ1v) is 11.0. The van der Waals surface area contributed by atoms with E-state index < -0.39 is 0 Å². The fraction of sp³-hybridized carbons (Fsp3) is 0.125. The first kappa shape index (κ1) is 20.0. The summed E-state index contributed by atoms with van der Waals surface area (Å²) in [7, 11) is 0. The zero-order chi connectivity index (χ0) is 22.1. The molecule has 0 aliphatic carbocycles. The predicted octanol–water partition coefficient (Wildman–Crippen LogP) is 4.36. The standard InChI is InChI=1S/C24H19N5O2S/c1-15-20(32-23(27-15)21-25-12-4-13-26-21)22(30)28-18-9-7-17(8-10-18)24(31)29-14-11-16-5-2-3-6-19(16)29/h2-10,12-13H,11,14H2,1H3,(H,28,30). The van der Waals surface area contributed by atoms with Crippen molar-refractivity contribution in [3.8, 4) is 10.8 Å². The highest BCUT2D eigenvalue weighted by Gasteiger charge is 2.25. The van der Waals surface area contributed by atoms with E-state index in [2.05, 4.69) is 26.3 Å². The van der Waals surface area contributed by atoms with Gasteiger partial charge in [0, 0.05) is 35.9 Å². The number of aryl methyl sites for hydroxylation is 1. The number of fused-ring (bicyclic) bond motifs is 1. The van der Waals surface area contributed by atoms with E-state index in [1.165, 1.54) is 16.9 Å². The molecule has 0 unspecified atom stereocenters. The highest BCUT2D eigenvalue weighted by molar-refractivity contribution is 7.17. The van der Waals surface area contributed by atoms with Gasteiger partial charge in [-0.25, -0.2) is 15.0 Å². The van der Waals surface area contributed by atoms with Crippen molar-refractivity contribution in [1.29, 1.82) is 0 Å². The Balaban J connectivity index is 1.30. The maximum absolute atomic E-state index is 13.0. The summed E-state index contributed by atoms with van der Waals surface area (Å²) in [6.07, 6.45) is 4.14. The third kappa shape index (κ3) is 3.76. The molecule has 32 heavy (non-hydrogen) atoms. The van der Waals surface area contributed by atoms with E-state index in [-0.39, 0.29) is 11.8 Å². The SMILES string of the molecule is Cc1nc(-c2ncccn2)sc1C(=O)Nc1ccc(C(=O)N2CCc3ccccc32)cc1. The van der Waals surface area contributed by atoms with Gasteiger partial charge in [0.15, 0.2) is 10.8 Å². The Kier molecular flexibility index (Phi) is 5.20. The van der Waals surface area contributed by atoms with Crippen LogP contribution >= 0.6 is 11.3 Å². The van der Waals surface area contributed by atoms with Gasteiger partial charge in [0.25, 0.3) is 11.8 Å². The molecule has 0 radical (unpaired) electrons. The summed E-state index contributed by atoms with van der Waals surface area (Å²) < 4.78 is 0. The average Bonchev–Trinajstić information content (AvgIpc) is 3.43. The number of anilines is 2. The Morgan fingerprint density at radius 2 is 1.75 bits per heavy atom. The summed E-state index contributed by atoms with van der Waals surface area (Å²) >= 11 is 1.25. The molecular weight excluding hydrogens is 422 g/mol. The summed E-state index contributed by atoms with van der Waals surface area (Å²) in [5.74, 6) is 0.194. The molecule has 0 fully saturated rings. The van der Waals surface area contributed by atoms with Crippen molar-refractivity contribution in [2.24, 2.45) is 0 Å². The molecule has 7 nitrogen and oxygen atoms in total. The molecule has 0 spiro atoms. The van der Waals surface area contributed by atoms with Crippen molar-refractivity contribution in [2.45, 2.75) is 13.3 Å². The summed E-state index contributed by atoms with van der Waals surface area (Å²) in [5, 5.41) is 3.48. The fourth-order valence-corrected chi connectivity index (χ4v) is 4.61. The minimum Gasteiger partial charge on any atom is -0.321 e. The van der Waals surface area contributed by atoms with Crippen LogP contribution in [-0.2, 0) is 6.42 Å². The van der Waals surface area contributed by atoms with Gasteiger partial charge in [0.1, 0.15) is 4.88 Å². The lowest BCUT2D eigenvalue weighted by Gasteiger charge is -2.17. The largest absolute Gasteiger partial charge is 0.321 e. The molecule has 1 N–H and O–H groups in total. The quantitative estimate of drug-likeness (QED) is 0.508. The number of hydrogen-bond acceptors (Lipinski definition) is 6. The highest BCUT2D eigenvalue weighted by atomic mass is 32.1. The summed E-state index contributed by atoms with van der Waals surface area (Å²) in [4.78, 5) is 40.9. The Labute approximate surface area is 188 Å². The second-order valence-corrected chi connectivity index (χ2v) is 8.37. The van der Waals surface area contributed by atoms with Crippen LogP contribution in [0.3, 0.4) is 0 Å². The van der Waals surface area contributed by atoms with Crippen LogP contribution in [0.1, 0.15) is 31.3 Å². The molecule has 0 bridgehead atoms. The molecule has 2 amide bonds. The lowest BCUT2D eigenvalue weighted by atomic mass is 10.1. The molecule has 0 atom stereocenters. The second kappa shape index (κ2) is 8.32. The van der Waals surface area contributed by atoms with Crippen molar-refractivity contribution < 1.29 is 9.59 Å². The van der Waals surface area contributed by atoms with E-state index in [1.54, 1.807) is 54.5 Å². The number of rotatable bonds is 4. The maximum Gasteiger partial charge on any atom is 0.267 e. The zero-order valence-corrected chi connectivity index (χ0v) is 18.1. The van der Waals surface area contributed by atoms with Crippen molar-refractivity contribution in [2.75, 3.05) is 16.8 Å². The number of carbonyl (C=O) groups excluding carboxylic acids is 2. The first-order chi connectivity index (χ1) is 15.6. The zero-order valence-electron chi connectivity index (χ0n) is 17.3. The Bertz CT molecular complexity index is 1300. The van der Waals surface area contributed by atoms with E-state index >= 15 is 0 Å². The smallest absolute Gasteiger partial charge is 0.267 e. The number of nitrogens with one attached hydrogen (secondary N) is 1. The molecule has 158 valence electrons. The Morgan fingerprint density at radius 1 is 1.00 bits per heavy atom. The van der Waals surface area contributed by atoms with Crippen LogP contribution in [0.5, 0.6) is 0 Å². The second-order valence-electron chi connectivity index (χ2n) is 7.37. The molecule has 8 heteroatoms. The van der Waals surface area contributed by atoms with Crippen LogP contribution < -0.4 is 10.2 Å². The van der Waals surface area contributed by atoms with Gasteiger partial charge in [0.05, 0.1) is 5.69 Å². The van der Waals surface area contributed by atoms with E-state index in [4.69, 9.17) is 0 Å². The van der Waals surface area contributed by atoms with Crippen molar-refractivity contribution in [1.82, 2.24) is 15.0 Å². The average molecular weight is 442 g/mol. The van der Waals surface area contributed by atoms with E-state index in [1.807, 2.05) is 18.2 Å². The molecular formula is C24H19N5O2S. The lowest BCUT2D eigenvalue weighted by molar-refractivity contribution is 0.0988. The summed E-state index contributed by atoms with van der Waals surface area (Å²) in [6, 6.07) is 16.6. The van der Waals surface area contributed by atoms with Gasteiger partial charge in [-0.3, -0.25) is 9.59 Å². The van der Waals surface area contributed by atoms with Crippen LogP contribution in [-0.4, -0.2) is 33.3 Å². The fourth-order valence-electron chi connectivity index (χ4n) is 3.70. The van der Waals surface area contributed by atoms with Gasteiger partial charge in [-0.15, -0.1) is 11.3 Å². The topological polar surface area (TPSA) is 88.1 Å². The predicted molar refractivity (Wildman–Crippen MR) is 124 cm³/mol. The lowest BCUT2D eigenvalue weighted by Crippen LogP contribution is -2.28. The molecule has 0 saturated carbocycles. The summed E-state index contributed by atoms with van der Waals surface area (Å²) in [5.41, 5.74) is 3.96. The van der Waals surface area contributed by atoms with Gasteiger partial charge in [-0.05, 0) is 55.3 Å². The van der Waals surface area contributed by atoms with Crippen LogP contribution in [0.2, 0.25) is 0 Å². The molecule has 1 aliphatic rings. The third-order valence-corrected chi connectivity index (χ3v) is 6.43. The molecule has 0 saturated heterocycles. The van der Waals surface area contributed by atoms with Crippen molar-refractivity contribution >= 4 is 34.5 Å². The number of carbonyl (C=O) groups is 2. The molecule has 3 heterocycles. The Hall–Kier alpha value is -3.91. The Morgan fingerprint density at radius 3 is 2.53 bits per heavy atom. The minimum atomic E-state index is -0.255. The monoisotopic (exact) mass is 441 g/mol. The number of hydrogen-bond donors (Lipinski definition) is 1. The van der Waals surface area contributed by atoms with Gasteiger partial charge in [-0.2, -0.15) is 0 Å². The van der Waals surface area contributed by atoms with Crippen LogP contribution in [0.25, 0.3) is 10.8 Å². The van der Waals surface area contributed by atoms with Gasteiger partial charge >= 0.3 is 0 Å². The number of para-hydroxylation sites is 1. The van der Waals surface area contributed by atoms with Gasteiger partial charge in [0.2, 0.25) is 0 Å². The van der Waals surface area contributed by atoms with Gasteiger partial charge in [-0.1, -0.05) is 18.2 Å². The van der Waals surface area contributed by atoms with E-state index in [0.717, 1.165) is 12.1 Å². The van der Waals surface area contributed by atoms with Crippen LogP contribution in [0, 0.1) is 6.92 Å². The number of benzene rings is 2. The van der Waals surface area contributed by atoms with E-state index in [9.17, 15) is 9.59 Å². The summed E-state index contributed by atoms with van der Waals surface area (Å²) in [6.45, 7) is 2.46. The van der Waals surface area contributed by atoms with Crippen molar-refractivity contribution in [3.63, 3.8) is 0 Å². The number of aromatic nitrogens is 3. The number of thiazole rings is 1. The molecule has 5 rings (SSSR count). The maximum atomic E-state index is 13.0. The normalized spacial score (nSPS) is 12.5. The molecule has 4 aromatic rings. The molecule has 2 aromatic carbocycles. The molecule has 2 aromatic heterocycles. The van der Waals surface area contributed by atoms with E-state index in [0.29, 0.717) is 39.2 Å². The van der Waals surface area contributed by atoms with Gasteiger partial charge < -0.3 is 10.2 Å². The van der Waals surface area contributed by atoms with Crippen molar-refractivity contribution in [3.05, 3.63) is 88.7 Å². The molecule has 1 aliphatic heterocycles. The first-order valence-electron chi connectivity index (χ1n) is 10.2. The number of nitrogens with zero attached hydrogens (tertiary/aromatic N) is 4. The van der Waals surface area contributed by atoms with Crippen LogP contribution in [0.15, 0.2) is 67.0 Å². The third-order valence-electron chi connectivity index (χ3n) is 5.28.